The Morgan fingerprint density at radius 1 is 1.23 bits per heavy atom. The van der Waals surface area contributed by atoms with Crippen molar-refractivity contribution >= 4 is 34.7 Å². The van der Waals surface area contributed by atoms with Crippen molar-refractivity contribution in [3.63, 3.8) is 0 Å². The normalized spacial score (nSPS) is 15.1. The Bertz CT molecular complexity index is 622. The molecule has 2 aromatic rings. The van der Waals surface area contributed by atoms with Crippen molar-refractivity contribution < 1.29 is 0 Å². The highest BCUT2D eigenvalue weighted by atomic mass is 32.2. The quantitative estimate of drug-likeness (QED) is 0.907. The number of aromatic nitrogens is 3. The van der Waals surface area contributed by atoms with E-state index in [2.05, 4.69) is 45.1 Å². The Hall–Kier alpha value is -1.34. The maximum absolute atomic E-state index is 4.47. The second kappa shape index (κ2) is 7.28. The highest BCUT2D eigenvalue weighted by Crippen LogP contribution is 2.20. The van der Waals surface area contributed by atoms with Crippen LogP contribution in [0.1, 0.15) is 15.6 Å². The molecule has 118 valence electrons. The molecule has 1 saturated heterocycles. The van der Waals surface area contributed by atoms with Crippen LogP contribution in [0.4, 0.5) is 11.6 Å². The first-order valence-corrected chi connectivity index (χ1v) is 9.51. The van der Waals surface area contributed by atoms with Crippen LogP contribution >= 0.6 is 23.1 Å². The van der Waals surface area contributed by atoms with E-state index in [1.165, 1.54) is 16.4 Å². The van der Waals surface area contributed by atoms with Gasteiger partial charge in [0.25, 0.3) is 0 Å². The number of thiazole rings is 1. The maximum Gasteiger partial charge on any atom is 0.134 e. The van der Waals surface area contributed by atoms with Crippen LogP contribution in [0, 0.1) is 13.8 Å². The first-order chi connectivity index (χ1) is 10.7. The number of hydrogen-bond acceptors (Lipinski definition) is 7. The topological polar surface area (TPSA) is 53.9 Å². The summed E-state index contributed by atoms with van der Waals surface area (Å²) in [7, 11) is 0. The molecule has 0 spiro atoms. The van der Waals surface area contributed by atoms with E-state index in [1.54, 1.807) is 17.7 Å². The first-order valence-electron chi connectivity index (χ1n) is 7.54. The zero-order valence-electron chi connectivity index (χ0n) is 13.0. The molecule has 3 heterocycles. The molecule has 1 N–H and O–H groups in total. The minimum atomic E-state index is 0.870. The van der Waals surface area contributed by atoms with E-state index in [-0.39, 0.29) is 0 Å². The molecule has 0 bridgehead atoms. The van der Waals surface area contributed by atoms with Gasteiger partial charge in [0.1, 0.15) is 18.0 Å². The van der Waals surface area contributed by atoms with Crippen molar-refractivity contribution in [1.29, 1.82) is 0 Å². The monoisotopic (exact) mass is 335 g/mol. The van der Waals surface area contributed by atoms with Gasteiger partial charge in [-0.15, -0.1) is 11.3 Å². The van der Waals surface area contributed by atoms with Crippen molar-refractivity contribution in [1.82, 2.24) is 15.0 Å². The molecule has 22 heavy (non-hydrogen) atoms. The van der Waals surface area contributed by atoms with Crippen LogP contribution in [-0.4, -0.2) is 46.1 Å². The highest BCUT2D eigenvalue weighted by Gasteiger charge is 2.13. The molecule has 0 aromatic carbocycles. The highest BCUT2D eigenvalue weighted by molar-refractivity contribution is 7.99. The smallest absolute Gasteiger partial charge is 0.134 e. The Morgan fingerprint density at radius 3 is 2.77 bits per heavy atom. The zero-order valence-corrected chi connectivity index (χ0v) is 14.6. The lowest BCUT2D eigenvalue weighted by Crippen LogP contribution is -2.33. The minimum absolute atomic E-state index is 0.870. The summed E-state index contributed by atoms with van der Waals surface area (Å²) in [4.78, 5) is 16.9. The number of nitrogens with one attached hydrogen (secondary N) is 1. The maximum atomic E-state index is 4.47. The van der Waals surface area contributed by atoms with E-state index in [0.29, 0.717) is 0 Å². The fraction of sp³-hybridized carbons (Fsp3) is 0.533. The van der Waals surface area contributed by atoms with E-state index in [9.17, 15) is 0 Å². The van der Waals surface area contributed by atoms with Crippen LogP contribution in [-0.2, 0) is 6.42 Å². The van der Waals surface area contributed by atoms with Gasteiger partial charge in [0.05, 0.1) is 10.7 Å². The SMILES string of the molecule is Cc1nc(C)c(CCNc2cc(N3CCSCC3)ncn2)s1. The fourth-order valence-electron chi connectivity index (χ4n) is 2.52. The van der Waals surface area contributed by atoms with Crippen molar-refractivity contribution in [2.45, 2.75) is 20.3 Å². The molecule has 7 heteroatoms. The second-order valence-electron chi connectivity index (χ2n) is 5.28. The van der Waals surface area contributed by atoms with Gasteiger partial charge in [0.2, 0.25) is 0 Å². The average Bonchev–Trinajstić information content (AvgIpc) is 2.86. The average molecular weight is 336 g/mol. The van der Waals surface area contributed by atoms with E-state index < -0.39 is 0 Å². The van der Waals surface area contributed by atoms with E-state index in [1.807, 2.05) is 11.8 Å². The van der Waals surface area contributed by atoms with Gasteiger partial charge >= 0.3 is 0 Å². The summed E-state index contributed by atoms with van der Waals surface area (Å²) in [6.07, 6.45) is 2.64. The molecule has 1 aliphatic rings. The number of hydrogen-bond donors (Lipinski definition) is 1. The third-order valence-electron chi connectivity index (χ3n) is 3.65. The number of anilines is 2. The molecule has 3 rings (SSSR count). The third-order valence-corrected chi connectivity index (χ3v) is 5.72. The Balaban J connectivity index is 1.57. The van der Waals surface area contributed by atoms with Crippen molar-refractivity contribution in [3.05, 3.63) is 28.0 Å². The van der Waals surface area contributed by atoms with Crippen molar-refractivity contribution in [2.24, 2.45) is 0 Å². The molecular weight excluding hydrogens is 314 g/mol. The number of aryl methyl sites for hydroxylation is 2. The molecule has 5 nitrogen and oxygen atoms in total. The fourth-order valence-corrected chi connectivity index (χ4v) is 4.36. The number of nitrogens with zero attached hydrogens (tertiary/aromatic N) is 4. The zero-order chi connectivity index (χ0) is 15.4. The lowest BCUT2D eigenvalue weighted by Gasteiger charge is -2.27. The van der Waals surface area contributed by atoms with Gasteiger partial charge in [-0.25, -0.2) is 15.0 Å². The largest absolute Gasteiger partial charge is 0.370 e. The van der Waals surface area contributed by atoms with Gasteiger partial charge in [-0.3, -0.25) is 0 Å². The van der Waals surface area contributed by atoms with Gasteiger partial charge in [-0.2, -0.15) is 11.8 Å². The molecule has 0 unspecified atom stereocenters. The first kappa shape index (κ1) is 15.6. The Labute approximate surface area is 139 Å². The van der Waals surface area contributed by atoms with Crippen LogP contribution in [0.5, 0.6) is 0 Å². The molecule has 0 aliphatic carbocycles. The lowest BCUT2D eigenvalue weighted by atomic mass is 10.3. The standard InChI is InChI=1S/C15H21N5S2/c1-11-13(22-12(2)19-11)3-4-16-14-9-15(18-10-17-14)20-5-7-21-8-6-20/h9-10H,3-8H2,1-2H3,(H,16,17,18). The number of rotatable bonds is 5. The minimum Gasteiger partial charge on any atom is -0.370 e. The molecule has 0 amide bonds. The van der Waals surface area contributed by atoms with Crippen molar-refractivity contribution in [3.8, 4) is 0 Å². The van der Waals surface area contributed by atoms with E-state index in [0.717, 1.165) is 48.4 Å². The Morgan fingerprint density at radius 2 is 2.05 bits per heavy atom. The van der Waals surface area contributed by atoms with Gasteiger partial charge in [-0.1, -0.05) is 0 Å². The molecular formula is C15H21N5S2. The van der Waals surface area contributed by atoms with Gasteiger partial charge in [0.15, 0.2) is 0 Å². The van der Waals surface area contributed by atoms with Crippen LogP contribution in [0.2, 0.25) is 0 Å². The second-order valence-corrected chi connectivity index (χ2v) is 7.79. The van der Waals surface area contributed by atoms with Crippen LogP contribution in [0.15, 0.2) is 12.4 Å². The summed E-state index contributed by atoms with van der Waals surface area (Å²) in [6, 6.07) is 2.06. The predicted molar refractivity (Wildman–Crippen MR) is 95.4 cm³/mol. The van der Waals surface area contributed by atoms with E-state index >= 15 is 0 Å². The molecule has 0 atom stereocenters. The van der Waals surface area contributed by atoms with Crippen LogP contribution in [0.25, 0.3) is 0 Å². The van der Waals surface area contributed by atoms with Crippen LogP contribution in [0.3, 0.4) is 0 Å². The molecule has 0 saturated carbocycles. The van der Waals surface area contributed by atoms with Crippen molar-refractivity contribution in [2.75, 3.05) is 41.4 Å². The lowest BCUT2D eigenvalue weighted by molar-refractivity contribution is 0.834. The summed E-state index contributed by atoms with van der Waals surface area (Å²) in [5, 5.41) is 4.54. The summed E-state index contributed by atoms with van der Waals surface area (Å²) < 4.78 is 0. The summed E-state index contributed by atoms with van der Waals surface area (Å²) in [5.41, 5.74) is 1.15. The van der Waals surface area contributed by atoms with Gasteiger partial charge in [-0.05, 0) is 13.8 Å². The van der Waals surface area contributed by atoms with Gasteiger partial charge in [0, 0.05) is 48.5 Å². The van der Waals surface area contributed by atoms with Gasteiger partial charge < -0.3 is 10.2 Å². The molecule has 1 fully saturated rings. The molecule has 0 radical (unpaired) electrons. The molecule has 2 aromatic heterocycles. The number of thioether (sulfide) groups is 1. The summed E-state index contributed by atoms with van der Waals surface area (Å²) in [6.45, 7) is 7.15. The predicted octanol–water partition coefficient (Wildman–Crippen LogP) is 2.76. The Kier molecular flexibility index (Phi) is 5.15. The molecule has 1 aliphatic heterocycles. The van der Waals surface area contributed by atoms with E-state index in [4.69, 9.17) is 0 Å². The summed E-state index contributed by atoms with van der Waals surface area (Å²) >= 11 is 3.79. The third kappa shape index (κ3) is 3.89. The van der Waals surface area contributed by atoms with Crippen LogP contribution < -0.4 is 10.2 Å². The summed E-state index contributed by atoms with van der Waals surface area (Å²) in [5.74, 6) is 4.29.